The molecule has 0 heterocycles. The van der Waals surface area contributed by atoms with Crippen molar-refractivity contribution in [3.8, 4) is 0 Å². The van der Waals surface area contributed by atoms with E-state index in [1.54, 1.807) is 7.11 Å². The lowest BCUT2D eigenvalue weighted by Gasteiger charge is -2.36. The van der Waals surface area contributed by atoms with Gasteiger partial charge >= 0.3 is 0 Å². The number of methoxy groups -OCH3 is 1. The molecular formula is C15H25NO2. The zero-order valence-corrected chi connectivity index (χ0v) is 11.7. The molecule has 0 spiro atoms. The van der Waals surface area contributed by atoms with Gasteiger partial charge in [0.1, 0.15) is 0 Å². The van der Waals surface area contributed by atoms with Crippen LogP contribution in [-0.2, 0) is 9.53 Å². The summed E-state index contributed by atoms with van der Waals surface area (Å²) in [6.45, 7) is 0. The van der Waals surface area contributed by atoms with Crippen molar-refractivity contribution in [2.45, 2.75) is 57.4 Å². The van der Waals surface area contributed by atoms with Crippen LogP contribution in [0, 0.1) is 5.92 Å². The second kappa shape index (κ2) is 6.26. The van der Waals surface area contributed by atoms with Crippen molar-refractivity contribution in [2.24, 2.45) is 5.92 Å². The second-order valence-electron chi connectivity index (χ2n) is 5.75. The number of nitrogens with zero attached hydrogens (tertiary/aromatic N) is 1. The van der Waals surface area contributed by atoms with Gasteiger partial charge in [-0.1, -0.05) is 0 Å². The highest BCUT2D eigenvalue weighted by Gasteiger charge is 2.27. The molecule has 2 fully saturated rings. The van der Waals surface area contributed by atoms with E-state index in [2.05, 4.69) is 0 Å². The molecule has 0 saturated heterocycles. The predicted octanol–water partition coefficient (Wildman–Crippen LogP) is 3.11. The summed E-state index contributed by atoms with van der Waals surface area (Å²) in [5.41, 5.74) is 1.40. The van der Waals surface area contributed by atoms with Gasteiger partial charge in [0, 0.05) is 19.5 Å². The maximum atomic E-state index is 12.1. The third-order valence-electron chi connectivity index (χ3n) is 4.51. The zero-order chi connectivity index (χ0) is 13.0. The quantitative estimate of drug-likeness (QED) is 0.718. The minimum Gasteiger partial charge on any atom is -0.504 e. The molecule has 2 aliphatic rings. The van der Waals surface area contributed by atoms with Crippen LogP contribution in [0.15, 0.2) is 11.8 Å². The van der Waals surface area contributed by atoms with E-state index in [-0.39, 0.29) is 0 Å². The first-order valence-corrected chi connectivity index (χ1v) is 7.17. The van der Waals surface area contributed by atoms with E-state index in [9.17, 15) is 4.79 Å². The molecule has 0 bridgehead atoms. The van der Waals surface area contributed by atoms with Crippen molar-refractivity contribution < 1.29 is 9.53 Å². The van der Waals surface area contributed by atoms with Gasteiger partial charge in [-0.2, -0.15) is 0 Å². The fraction of sp³-hybridized carbons (Fsp3) is 0.800. The molecule has 0 unspecified atom stereocenters. The molecule has 18 heavy (non-hydrogen) atoms. The Bertz CT molecular complexity index is 310. The average Bonchev–Trinajstić information content (AvgIpc) is 2.29. The van der Waals surface area contributed by atoms with E-state index >= 15 is 0 Å². The molecule has 0 aromatic heterocycles. The molecule has 2 aliphatic carbocycles. The van der Waals surface area contributed by atoms with E-state index in [1.807, 2.05) is 18.2 Å². The summed E-state index contributed by atoms with van der Waals surface area (Å²) in [7, 11) is 3.68. The van der Waals surface area contributed by atoms with E-state index in [0.29, 0.717) is 17.9 Å². The van der Waals surface area contributed by atoms with Crippen molar-refractivity contribution in [1.29, 1.82) is 0 Å². The van der Waals surface area contributed by atoms with Gasteiger partial charge in [0.25, 0.3) is 0 Å². The van der Waals surface area contributed by atoms with E-state index in [4.69, 9.17) is 4.74 Å². The monoisotopic (exact) mass is 251 g/mol. The Kier molecular flexibility index (Phi) is 4.67. The topological polar surface area (TPSA) is 29.5 Å². The van der Waals surface area contributed by atoms with Crippen molar-refractivity contribution in [3.63, 3.8) is 0 Å². The summed E-state index contributed by atoms with van der Waals surface area (Å²) < 4.78 is 5.05. The molecule has 0 aromatic rings. The molecule has 3 heteroatoms. The lowest BCUT2D eigenvalue weighted by atomic mass is 9.83. The molecule has 0 aromatic carbocycles. The molecule has 0 N–H and O–H groups in total. The van der Waals surface area contributed by atoms with Gasteiger partial charge in [0.2, 0.25) is 5.91 Å². The minimum absolute atomic E-state index is 0.351. The van der Waals surface area contributed by atoms with Gasteiger partial charge < -0.3 is 9.64 Å². The molecule has 102 valence electrons. The highest BCUT2D eigenvalue weighted by Crippen LogP contribution is 2.31. The number of carbonyl (C=O) groups is 1. The molecule has 0 aliphatic heterocycles. The SMILES string of the molecule is COC=C1CCC(CC(=O)N(C)C2CCC2)CC1. The van der Waals surface area contributed by atoms with Gasteiger partial charge in [-0.05, 0) is 56.4 Å². The third kappa shape index (κ3) is 3.27. The van der Waals surface area contributed by atoms with Crippen LogP contribution in [0.5, 0.6) is 0 Å². The summed E-state index contributed by atoms with van der Waals surface area (Å²) in [6.07, 6.45) is 10.8. The van der Waals surface area contributed by atoms with E-state index in [0.717, 1.165) is 32.1 Å². The highest BCUT2D eigenvalue weighted by molar-refractivity contribution is 5.76. The largest absolute Gasteiger partial charge is 0.504 e. The van der Waals surface area contributed by atoms with Gasteiger partial charge in [-0.25, -0.2) is 0 Å². The first kappa shape index (κ1) is 13.4. The van der Waals surface area contributed by atoms with Crippen LogP contribution in [0.4, 0.5) is 0 Å². The zero-order valence-electron chi connectivity index (χ0n) is 11.7. The minimum atomic E-state index is 0.351. The van der Waals surface area contributed by atoms with E-state index in [1.165, 1.54) is 24.8 Å². The molecule has 3 nitrogen and oxygen atoms in total. The number of ether oxygens (including phenoxy) is 1. The number of rotatable bonds is 4. The number of carbonyl (C=O) groups excluding carboxylic acids is 1. The maximum absolute atomic E-state index is 12.1. The Morgan fingerprint density at radius 1 is 1.33 bits per heavy atom. The van der Waals surface area contributed by atoms with Crippen LogP contribution in [-0.4, -0.2) is 31.0 Å². The third-order valence-corrected chi connectivity index (χ3v) is 4.51. The molecule has 2 rings (SSSR count). The first-order valence-electron chi connectivity index (χ1n) is 7.17. The fourth-order valence-corrected chi connectivity index (χ4v) is 2.91. The second-order valence-corrected chi connectivity index (χ2v) is 5.75. The summed E-state index contributed by atoms with van der Waals surface area (Å²) in [5, 5.41) is 0. The summed E-state index contributed by atoms with van der Waals surface area (Å²) >= 11 is 0. The van der Waals surface area contributed by atoms with Crippen LogP contribution < -0.4 is 0 Å². The Labute approximate surface area is 110 Å². The smallest absolute Gasteiger partial charge is 0.222 e. The molecule has 1 amide bonds. The fourth-order valence-electron chi connectivity index (χ4n) is 2.91. The number of hydrogen-bond acceptors (Lipinski definition) is 2. The van der Waals surface area contributed by atoms with Gasteiger partial charge in [0.15, 0.2) is 0 Å². The lowest BCUT2D eigenvalue weighted by molar-refractivity contribution is -0.134. The highest BCUT2D eigenvalue weighted by atomic mass is 16.5. The van der Waals surface area contributed by atoms with Crippen molar-refractivity contribution in [1.82, 2.24) is 4.90 Å². The van der Waals surface area contributed by atoms with Crippen LogP contribution in [0.1, 0.15) is 51.4 Å². The molecule has 0 atom stereocenters. The van der Waals surface area contributed by atoms with Crippen molar-refractivity contribution >= 4 is 5.91 Å². The number of allylic oxidation sites excluding steroid dienone is 1. The standard InChI is InChI=1S/C15H25NO2/c1-16(14-4-3-5-14)15(17)10-12-6-8-13(9-7-12)11-18-2/h11-12,14H,3-10H2,1-2H3. The Morgan fingerprint density at radius 3 is 2.50 bits per heavy atom. The van der Waals surface area contributed by atoms with Crippen molar-refractivity contribution in [2.75, 3.05) is 14.2 Å². The molecule has 2 saturated carbocycles. The van der Waals surface area contributed by atoms with Gasteiger partial charge in [-0.15, -0.1) is 0 Å². The number of hydrogen-bond donors (Lipinski definition) is 0. The maximum Gasteiger partial charge on any atom is 0.222 e. The van der Waals surface area contributed by atoms with Crippen LogP contribution >= 0.6 is 0 Å². The van der Waals surface area contributed by atoms with Crippen LogP contribution in [0.25, 0.3) is 0 Å². The molecule has 0 radical (unpaired) electrons. The first-order chi connectivity index (χ1) is 8.70. The Balaban J connectivity index is 1.73. The summed E-state index contributed by atoms with van der Waals surface area (Å²) in [4.78, 5) is 14.1. The molecular weight excluding hydrogens is 226 g/mol. The van der Waals surface area contributed by atoms with Gasteiger partial charge in [0.05, 0.1) is 13.4 Å². The van der Waals surface area contributed by atoms with Crippen LogP contribution in [0.2, 0.25) is 0 Å². The normalized spacial score (nSPS) is 24.3. The van der Waals surface area contributed by atoms with Crippen molar-refractivity contribution in [3.05, 3.63) is 11.8 Å². The number of amides is 1. The van der Waals surface area contributed by atoms with Gasteiger partial charge in [-0.3, -0.25) is 4.79 Å². The summed E-state index contributed by atoms with van der Waals surface area (Å²) in [5.74, 6) is 0.929. The Morgan fingerprint density at radius 2 is 2.00 bits per heavy atom. The predicted molar refractivity (Wildman–Crippen MR) is 72.1 cm³/mol. The van der Waals surface area contributed by atoms with E-state index < -0.39 is 0 Å². The summed E-state index contributed by atoms with van der Waals surface area (Å²) in [6, 6.07) is 0.532. The Hall–Kier alpha value is -0.990. The average molecular weight is 251 g/mol. The lowest BCUT2D eigenvalue weighted by Crippen LogP contribution is -2.42. The van der Waals surface area contributed by atoms with Crippen LogP contribution in [0.3, 0.4) is 0 Å².